The van der Waals surface area contributed by atoms with Gasteiger partial charge in [-0.05, 0) is 43.5 Å². The molecule has 0 bridgehead atoms. The lowest BCUT2D eigenvalue weighted by Crippen LogP contribution is -2.46. The molecule has 0 atom stereocenters. The van der Waals surface area contributed by atoms with Crippen molar-refractivity contribution in [2.45, 2.75) is 38.8 Å². The van der Waals surface area contributed by atoms with Gasteiger partial charge >= 0.3 is 6.03 Å². The van der Waals surface area contributed by atoms with E-state index in [9.17, 15) is 4.79 Å². The molecule has 0 spiro atoms. The molecule has 1 saturated heterocycles. The van der Waals surface area contributed by atoms with Gasteiger partial charge in [0.25, 0.3) is 0 Å². The second-order valence-corrected chi connectivity index (χ2v) is 5.62. The van der Waals surface area contributed by atoms with Crippen LogP contribution in [-0.4, -0.2) is 36.6 Å². The summed E-state index contributed by atoms with van der Waals surface area (Å²) in [5, 5.41) is 5.94. The van der Waals surface area contributed by atoms with Gasteiger partial charge in [-0.15, -0.1) is 0 Å². The molecular formula is C16H26N4O. The molecule has 116 valence electrons. The Bertz CT molecular complexity index is 455. The molecule has 0 aliphatic carbocycles. The summed E-state index contributed by atoms with van der Waals surface area (Å²) >= 11 is 0. The maximum Gasteiger partial charge on any atom is 0.319 e. The summed E-state index contributed by atoms with van der Waals surface area (Å²) in [6.45, 7) is 5.98. The molecule has 2 amide bonds. The van der Waals surface area contributed by atoms with Crippen LogP contribution >= 0.6 is 0 Å². The third-order valence-corrected chi connectivity index (χ3v) is 3.88. The van der Waals surface area contributed by atoms with Crippen molar-refractivity contribution >= 4 is 11.7 Å². The van der Waals surface area contributed by atoms with E-state index in [0.29, 0.717) is 6.54 Å². The topological polar surface area (TPSA) is 70.4 Å². The highest BCUT2D eigenvalue weighted by molar-refractivity contribution is 5.89. The zero-order valence-electron chi connectivity index (χ0n) is 12.8. The number of nitrogens with two attached hydrogens (primary N) is 1. The van der Waals surface area contributed by atoms with Crippen LogP contribution in [0.1, 0.15) is 31.7 Å². The van der Waals surface area contributed by atoms with E-state index in [0.717, 1.165) is 43.7 Å². The lowest BCUT2D eigenvalue weighted by atomic mass is 10.1. The predicted molar refractivity (Wildman–Crippen MR) is 86.2 cm³/mol. The Morgan fingerprint density at radius 3 is 2.81 bits per heavy atom. The summed E-state index contributed by atoms with van der Waals surface area (Å²) < 4.78 is 0. The average molecular weight is 290 g/mol. The molecule has 5 heteroatoms. The van der Waals surface area contributed by atoms with E-state index in [4.69, 9.17) is 5.73 Å². The van der Waals surface area contributed by atoms with E-state index in [1.54, 1.807) is 0 Å². The van der Waals surface area contributed by atoms with Gasteiger partial charge in [0.1, 0.15) is 0 Å². The number of likely N-dealkylation sites (tertiary alicyclic amines) is 1. The van der Waals surface area contributed by atoms with Crippen molar-refractivity contribution in [3.63, 3.8) is 0 Å². The van der Waals surface area contributed by atoms with Gasteiger partial charge in [-0.1, -0.05) is 19.1 Å². The van der Waals surface area contributed by atoms with Crippen LogP contribution in [0, 0.1) is 0 Å². The van der Waals surface area contributed by atoms with Crippen molar-refractivity contribution in [1.29, 1.82) is 0 Å². The van der Waals surface area contributed by atoms with Crippen molar-refractivity contribution < 1.29 is 4.79 Å². The average Bonchev–Trinajstić information content (AvgIpc) is 2.49. The molecule has 4 N–H and O–H groups in total. The lowest BCUT2D eigenvalue weighted by Gasteiger charge is -2.32. The van der Waals surface area contributed by atoms with Crippen molar-refractivity contribution in [2.75, 3.05) is 25.0 Å². The van der Waals surface area contributed by atoms with Gasteiger partial charge in [0.15, 0.2) is 0 Å². The standard InChI is InChI=1S/C16H26N4O/c1-2-8-20-9-6-14(7-10-20)18-16(21)19-15-5-3-4-13(11-15)12-17/h3-5,11,14H,2,6-10,12,17H2,1H3,(H2,18,19,21). The number of benzene rings is 1. The normalized spacial score (nSPS) is 16.7. The fourth-order valence-electron chi connectivity index (χ4n) is 2.75. The van der Waals surface area contributed by atoms with E-state index in [1.165, 1.54) is 6.42 Å². The van der Waals surface area contributed by atoms with Gasteiger partial charge < -0.3 is 21.3 Å². The zero-order chi connectivity index (χ0) is 15.1. The van der Waals surface area contributed by atoms with Crippen molar-refractivity contribution in [2.24, 2.45) is 5.73 Å². The molecular weight excluding hydrogens is 264 g/mol. The predicted octanol–water partition coefficient (Wildman–Crippen LogP) is 2.14. The van der Waals surface area contributed by atoms with Crippen LogP contribution in [0.3, 0.4) is 0 Å². The molecule has 1 heterocycles. The first-order chi connectivity index (χ1) is 10.2. The van der Waals surface area contributed by atoms with Crippen LogP contribution in [0.15, 0.2) is 24.3 Å². The Balaban J connectivity index is 1.77. The number of anilines is 1. The number of urea groups is 1. The summed E-state index contributed by atoms with van der Waals surface area (Å²) in [4.78, 5) is 14.5. The summed E-state index contributed by atoms with van der Waals surface area (Å²) in [6, 6.07) is 7.79. The number of piperidine rings is 1. The number of amides is 2. The third-order valence-electron chi connectivity index (χ3n) is 3.88. The first-order valence-electron chi connectivity index (χ1n) is 7.80. The fraction of sp³-hybridized carbons (Fsp3) is 0.562. The van der Waals surface area contributed by atoms with Gasteiger partial charge in [-0.3, -0.25) is 0 Å². The molecule has 5 nitrogen and oxygen atoms in total. The minimum absolute atomic E-state index is 0.127. The minimum Gasteiger partial charge on any atom is -0.335 e. The molecule has 1 aliphatic heterocycles. The SMILES string of the molecule is CCCN1CCC(NC(=O)Nc2cccc(CN)c2)CC1. The van der Waals surface area contributed by atoms with Crippen LogP contribution in [-0.2, 0) is 6.54 Å². The van der Waals surface area contributed by atoms with E-state index in [1.807, 2.05) is 24.3 Å². The minimum atomic E-state index is -0.127. The summed E-state index contributed by atoms with van der Waals surface area (Å²) in [5.41, 5.74) is 7.41. The number of nitrogens with zero attached hydrogens (tertiary/aromatic N) is 1. The molecule has 0 unspecified atom stereocenters. The summed E-state index contributed by atoms with van der Waals surface area (Å²) in [5.74, 6) is 0. The Morgan fingerprint density at radius 2 is 2.14 bits per heavy atom. The Kier molecular flexibility index (Phi) is 6.02. The second kappa shape index (κ2) is 8.00. The molecule has 21 heavy (non-hydrogen) atoms. The fourth-order valence-corrected chi connectivity index (χ4v) is 2.75. The number of hydrogen-bond acceptors (Lipinski definition) is 3. The van der Waals surface area contributed by atoms with Gasteiger partial charge in [0.05, 0.1) is 0 Å². The summed E-state index contributed by atoms with van der Waals surface area (Å²) in [7, 11) is 0. The van der Waals surface area contributed by atoms with Crippen LogP contribution in [0.2, 0.25) is 0 Å². The molecule has 0 saturated carbocycles. The number of rotatable bonds is 5. The number of hydrogen-bond donors (Lipinski definition) is 3. The van der Waals surface area contributed by atoms with Crippen LogP contribution in [0.25, 0.3) is 0 Å². The largest absolute Gasteiger partial charge is 0.335 e. The van der Waals surface area contributed by atoms with E-state index >= 15 is 0 Å². The molecule has 0 radical (unpaired) electrons. The van der Waals surface area contributed by atoms with Gasteiger partial charge in [-0.25, -0.2) is 4.79 Å². The van der Waals surface area contributed by atoms with Gasteiger partial charge in [-0.2, -0.15) is 0 Å². The smallest absolute Gasteiger partial charge is 0.319 e. The van der Waals surface area contributed by atoms with Crippen molar-refractivity contribution in [3.8, 4) is 0 Å². The maximum absolute atomic E-state index is 12.0. The molecule has 1 fully saturated rings. The quantitative estimate of drug-likeness (QED) is 0.778. The number of carbonyl (C=O) groups is 1. The van der Waals surface area contributed by atoms with E-state index in [2.05, 4.69) is 22.5 Å². The van der Waals surface area contributed by atoms with Crippen LogP contribution in [0.5, 0.6) is 0 Å². The Morgan fingerprint density at radius 1 is 1.38 bits per heavy atom. The Hall–Kier alpha value is -1.59. The van der Waals surface area contributed by atoms with Crippen molar-refractivity contribution in [3.05, 3.63) is 29.8 Å². The lowest BCUT2D eigenvalue weighted by molar-refractivity contribution is 0.196. The first kappa shape index (κ1) is 15.8. The number of carbonyl (C=O) groups excluding carboxylic acids is 1. The molecule has 2 rings (SSSR count). The monoisotopic (exact) mass is 290 g/mol. The van der Waals surface area contributed by atoms with Crippen molar-refractivity contribution in [1.82, 2.24) is 10.2 Å². The number of nitrogens with one attached hydrogen (secondary N) is 2. The van der Waals surface area contributed by atoms with Crippen LogP contribution < -0.4 is 16.4 Å². The third kappa shape index (κ3) is 5.02. The zero-order valence-corrected chi connectivity index (χ0v) is 12.8. The highest BCUT2D eigenvalue weighted by Gasteiger charge is 2.19. The molecule has 1 aromatic rings. The molecule has 1 aromatic carbocycles. The van der Waals surface area contributed by atoms with Gasteiger partial charge in [0.2, 0.25) is 0 Å². The molecule has 0 aromatic heterocycles. The first-order valence-corrected chi connectivity index (χ1v) is 7.80. The highest BCUT2D eigenvalue weighted by atomic mass is 16.2. The van der Waals surface area contributed by atoms with Crippen LogP contribution in [0.4, 0.5) is 10.5 Å². The van der Waals surface area contributed by atoms with E-state index in [-0.39, 0.29) is 12.1 Å². The van der Waals surface area contributed by atoms with E-state index < -0.39 is 0 Å². The summed E-state index contributed by atoms with van der Waals surface area (Å²) in [6.07, 6.45) is 3.24. The molecule has 1 aliphatic rings. The Labute approximate surface area is 126 Å². The highest BCUT2D eigenvalue weighted by Crippen LogP contribution is 2.12. The second-order valence-electron chi connectivity index (χ2n) is 5.62. The maximum atomic E-state index is 12.0. The van der Waals surface area contributed by atoms with Gasteiger partial charge in [0, 0.05) is 31.4 Å².